The summed E-state index contributed by atoms with van der Waals surface area (Å²) in [5.74, 6) is 0.857. The summed E-state index contributed by atoms with van der Waals surface area (Å²) >= 11 is 0. The molecule has 0 saturated carbocycles. The minimum Gasteiger partial charge on any atom is -0.455 e. The third kappa shape index (κ3) is 3.96. The molecule has 6 heteroatoms. The van der Waals surface area contributed by atoms with Gasteiger partial charge in [0, 0.05) is 13.1 Å². The van der Waals surface area contributed by atoms with Gasteiger partial charge in [0.1, 0.15) is 5.76 Å². The van der Waals surface area contributed by atoms with Gasteiger partial charge in [-0.3, -0.25) is 4.79 Å². The molecule has 128 valence electrons. The van der Waals surface area contributed by atoms with Crippen LogP contribution >= 0.6 is 0 Å². The van der Waals surface area contributed by atoms with Crippen LogP contribution in [0.25, 0.3) is 0 Å². The molecule has 0 spiro atoms. The summed E-state index contributed by atoms with van der Waals surface area (Å²) in [7, 11) is 3.92. The molecule has 0 unspecified atom stereocenters. The van der Waals surface area contributed by atoms with Gasteiger partial charge in [-0.05, 0) is 38.4 Å². The summed E-state index contributed by atoms with van der Waals surface area (Å²) < 4.78 is 11.0. The number of hydrogen-bond acceptors (Lipinski definition) is 5. The highest BCUT2D eigenvalue weighted by Gasteiger charge is 2.17. The van der Waals surface area contributed by atoms with Gasteiger partial charge in [-0.1, -0.05) is 12.1 Å². The van der Waals surface area contributed by atoms with Crippen LogP contribution < -0.4 is 10.2 Å². The van der Waals surface area contributed by atoms with Gasteiger partial charge in [0.05, 0.1) is 31.1 Å². The monoisotopic (exact) mass is 329 g/mol. The van der Waals surface area contributed by atoms with Crippen LogP contribution in [0.4, 0.5) is 11.4 Å². The van der Waals surface area contributed by atoms with Crippen LogP contribution in [0.5, 0.6) is 0 Å². The first-order valence-electron chi connectivity index (χ1n) is 8.10. The second kappa shape index (κ2) is 7.51. The van der Waals surface area contributed by atoms with Crippen molar-refractivity contribution in [3.8, 4) is 0 Å². The Morgan fingerprint density at radius 1 is 1.17 bits per heavy atom. The summed E-state index contributed by atoms with van der Waals surface area (Å²) in [6.45, 7) is 3.71. The van der Waals surface area contributed by atoms with Gasteiger partial charge in [0.2, 0.25) is 0 Å². The number of benzene rings is 1. The molecule has 2 aromatic rings. The fraction of sp³-hybridized carbons (Fsp3) is 0.389. The summed E-state index contributed by atoms with van der Waals surface area (Å²) in [5.41, 5.74) is 1.80. The Kier molecular flexibility index (Phi) is 5.17. The van der Waals surface area contributed by atoms with E-state index in [1.807, 2.05) is 49.3 Å². The Labute approximate surface area is 142 Å². The standard InChI is InChI=1S/C18H23N3O3/c1-20(2)13-14-7-8-17(24-14)18(22)19-15-5-3-4-6-16(15)21-9-11-23-12-10-21/h3-8H,9-13H2,1-2H3,(H,19,22). The maximum atomic E-state index is 12.5. The number of ether oxygens (including phenoxy) is 1. The van der Waals surface area contributed by atoms with Crippen molar-refractivity contribution in [3.63, 3.8) is 0 Å². The van der Waals surface area contributed by atoms with Crippen LogP contribution in [0.2, 0.25) is 0 Å². The van der Waals surface area contributed by atoms with Gasteiger partial charge in [0.25, 0.3) is 5.91 Å². The maximum absolute atomic E-state index is 12.5. The first-order chi connectivity index (χ1) is 11.6. The van der Waals surface area contributed by atoms with Crippen molar-refractivity contribution in [2.24, 2.45) is 0 Å². The number of furan rings is 1. The average molecular weight is 329 g/mol. The lowest BCUT2D eigenvalue weighted by Crippen LogP contribution is -2.36. The Balaban J connectivity index is 1.73. The number of para-hydroxylation sites is 2. The maximum Gasteiger partial charge on any atom is 0.291 e. The Morgan fingerprint density at radius 3 is 2.67 bits per heavy atom. The average Bonchev–Trinajstić information content (AvgIpc) is 3.04. The largest absolute Gasteiger partial charge is 0.455 e. The van der Waals surface area contributed by atoms with Crippen LogP contribution in [0.1, 0.15) is 16.3 Å². The third-order valence-corrected chi connectivity index (χ3v) is 3.86. The molecule has 1 saturated heterocycles. The molecule has 1 aliphatic heterocycles. The third-order valence-electron chi connectivity index (χ3n) is 3.86. The Hall–Kier alpha value is -2.31. The summed E-state index contributed by atoms with van der Waals surface area (Å²) in [6.07, 6.45) is 0. The van der Waals surface area contributed by atoms with E-state index in [9.17, 15) is 4.79 Å². The van der Waals surface area contributed by atoms with Crippen molar-refractivity contribution >= 4 is 17.3 Å². The zero-order chi connectivity index (χ0) is 16.9. The number of nitrogens with one attached hydrogen (secondary N) is 1. The minimum absolute atomic E-state index is 0.235. The lowest BCUT2D eigenvalue weighted by Gasteiger charge is -2.30. The van der Waals surface area contributed by atoms with Crippen LogP contribution in [-0.2, 0) is 11.3 Å². The van der Waals surface area contributed by atoms with E-state index >= 15 is 0 Å². The van der Waals surface area contributed by atoms with Crippen molar-refractivity contribution in [1.82, 2.24) is 4.90 Å². The molecule has 1 aromatic heterocycles. The molecule has 0 atom stereocenters. The molecular weight excluding hydrogens is 306 g/mol. The van der Waals surface area contributed by atoms with E-state index in [-0.39, 0.29) is 5.91 Å². The first-order valence-corrected chi connectivity index (χ1v) is 8.10. The van der Waals surface area contributed by atoms with E-state index in [1.54, 1.807) is 6.07 Å². The topological polar surface area (TPSA) is 58.0 Å². The van der Waals surface area contributed by atoms with Crippen molar-refractivity contribution in [2.75, 3.05) is 50.6 Å². The van der Waals surface area contributed by atoms with Gasteiger partial charge in [0.15, 0.2) is 5.76 Å². The number of hydrogen-bond donors (Lipinski definition) is 1. The number of anilines is 2. The van der Waals surface area contributed by atoms with Crippen LogP contribution in [0.3, 0.4) is 0 Å². The van der Waals surface area contributed by atoms with E-state index in [1.165, 1.54) is 0 Å². The highest BCUT2D eigenvalue weighted by molar-refractivity contribution is 6.04. The van der Waals surface area contributed by atoms with Gasteiger partial charge < -0.3 is 24.3 Å². The van der Waals surface area contributed by atoms with E-state index in [0.717, 1.165) is 30.2 Å². The van der Waals surface area contributed by atoms with Gasteiger partial charge in [-0.25, -0.2) is 0 Å². The summed E-state index contributed by atoms with van der Waals surface area (Å²) in [6, 6.07) is 11.4. The predicted molar refractivity (Wildman–Crippen MR) is 93.5 cm³/mol. The molecule has 1 fully saturated rings. The number of carbonyl (C=O) groups excluding carboxylic acids is 1. The number of rotatable bonds is 5. The first kappa shape index (κ1) is 16.5. The Morgan fingerprint density at radius 2 is 1.92 bits per heavy atom. The van der Waals surface area contributed by atoms with Gasteiger partial charge in [-0.2, -0.15) is 0 Å². The van der Waals surface area contributed by atoms with Gasteiger partial charge >= 0.3 is 0 Å². The van der Waals surface area contributed by atoms with Crippen molar-refractivity contribution in [3.05, 3.63) is 47.9 Å². The van der Waals surface area contributed by atoms with E-state index in [0.29, 0.717) is 25.5 Å². The smallest absolute Gasteiger partial charge is 0.291 e. The molecule has 1 amide bonds. The van der Waals surface area contributed by atoms with Gasteiger partial charge in [-0.15, -0.1) is 0 Å². The molecule has 3 rings (SSSR count). The predicted octanol–water partition coefficient (Wildman–Crippen LogP) is 2.43. The lowest BCUT2D eigenvalue weighted by molar-refractivity contribution is 0.0993. The number of nitrogens with zero attached hydrogens (tertiary/aromatic N) is 2. The SMILES string of the molecule is CN(C)Cc1ccc(C(=O)Nc2ccccc2N2CCOCC2)o1. The molecule has 0 radical (unpaired) electrons. The highest BCUT2D eigenvalue weighted by Crippen LogP contribution is 2.27. The van der Waals surface area contributed by atoms with E-state index < -0.39 is 0 Å². The highest BCUT2D eigenvalue weighted by atomic mass is 16.5. The molecule has 1 aromatic carbocycles. The number of amides is 1. The summed E-state index contributed by atoms with van der Waals surface area (Å²) in [5, 5.41) is 2.96. The second-order valence-electron chi connectivity index (χ2n) is 6.07. The van der Waals surface area contributed by atoms with Crippen LogP contribution in [0.15, 0.2) is 40.8 Å². The Bertz CT molecular complexity index is 690. The fourth-order valence-corrected chi connectivity index (χ4v) is 2.74. The van der Waals surface area contributed by atoms with Crippen molar-refractivity contribution in [2.45, 2.75) is 6.54 Å². The molecule has 0 bridgehead atoms. The zero-order valence-electron chi connectivity index (χ0n) is 14.1. The molecule has 2 heterocycles. The van der Waals surface area contributed by atoms with Crippen molar-refractivity contribution in [1.29, 1.82) is 0 Å². The molecule has 0 aliphatic carbocycles. The minimum atomic E-state index is -0.235. The molecular formula is C18H23N3O3. The van der Waals surface area contributed by atoms with Crippen LogP contribution in [0, 0.1) is 0 Å². The molecule has 1 aliphatic rings. The summed E-state index contributed by atoms with van der Waals surface area (Å²) in [4.78, 5) is 16.7. The molecule has 6 nitrogen and oxygen atoms in total. The zero-order valence-corrected chi connectivity index (χ0v) is 14.1. The lowest BCUT2D eigenvalue weighted by atomic mass is 10.2. The van der Waals surface area contributed by atoms with Crippen LogP contribution in [-0.4, -0.2) is 51.2 Å². The molecule has 24 heavy (non-hydrogen) atoms. The number of morpholine rings is 1. The van der Waals surface area contributed by atoms with Crippen molar-refractivity contribution < 1.29 is 13.9 Å². The van der Waals surface area contributed by atoms with E-state index in [2.05, 4.69) is 10.2 Å². The fourth-order valence-electron chi connectivity index (χ4n) is 2.74. The quantitative estimate of drug-likeness (QED) is 0.913. The second-order valence-corrected chi connectivity index (χ2v) is 6.07. The molecule has 1 N–H and O–H groups in total. The van der Waals surface area contributed by atoms with E-state index in [4.69, 9.17) is 9.15 Å². The number of carbonyl (C=O) groups is 1. The normalized spacial score (nSPS) is 14.9.